The first-order valence-corrected chi connectivity index (χ1v) is 11.1. The standard InChI is InChI=1S/C25H30N4OS/c1-16-12-17(2)14-20(13-16)29-18(3)15-21(19(29)4)24-23(22-8-6-7-9-26-22)27-25(31)28(24)10-11-30-5/h6-9,12-15,23-24H,10-11H2,1-5H3,(H,27,31). The van der Waals surface area contributed by atoms with Crippen LogP contribution in [0.1, 0.15) is 45.9 Å². The summed E-state index contributed by atoms with van der Waals surface area (Å²) in [7, 11) is 1.73. The summed E-state index contributed by atoms with van der Waals surface area (Å²) in [4.78, 5) is 6.88. The number of nitrogens with one attached hydrogen (secondary N) is 1. The number of aryl methyl sites for hydroxylation is 3. The SMILES string of the molecule is COCCN1C(=S)NC(c2ccccn2)C1c1cc(C)n(-c2cc(C)cc(C)c2)c1C. The summed E-state index contributed by atoms with van der Waals surface area (Å²) in [5.41, 5.74) is 8.41. The zero-order valence-electron chi connectivity index (χ0n) is 18.8. The van der Waals surface area contributed by atoms with Crippen LogP contribution in [-0.2, 0) is 4.74 Å². The number of aromatic nitrogens is 2. The summed E-state index contributed by atoms with van der Waals surface area (Å²) in [5.74, 6) is 0. The molecule has 2 atom stereocenters. The second-order valence-corrected chi connectivity index (χ2v) is 8.71. The van der Waals surface area contributed by atoms with Gasteiger partial charge in [-0.25, -0.2) is 0 Å². The molecule has 1 aliphatic rings. The maximum Gasteiger partial charge on any atom is 0.170 e. The number of pyridine rings is 1. The van der Waals surface area contributed by atoms with E-state index in [-0.39, 0.29) is 12.1 Å². The van der Waals surface area contributed by atoms with E-state index in [1.165, 1.54) is 33.8 Å². The maximum absolute atomic E-state index is 5.74. The van der Waals surface area contributed by atoms with Crippen molar-refractivity contribution >= 4 is 17.3 Å². The van der Waals surface area contributed by atoms with Crippen molar-refractivity contribution < 1.29 is 4.74 Å². The van der Waals surface area contributed by atoms with Gasteiger partial charge in [0.1, 0.15) is 0 Å². The minimum absolute atomic E-state index is 0.0150. The van der Waals surface area contributed by atoms with Gasteiger partial charge in [0.05, 0.1) is 24.4 Å². The number of rotatable bonds is 6. The molecule has 1 fully saturated rings. The molecule has 0 bridgehead atoms. The fourth-order valence-corrected chi connectivity index (χ4v) is 5.07. The fraction of sp³-hybridized carbons (Fsp3) is 0.360. The van der Waals surface area contributed by atoms with E-state index in [2.05, 4.69) is 77.8 Å². The van der Waals surface area contributed by atoms with Crippen molar-refractivity contribution in [2.24, 2.45) is 0 Å². The number of hydrogen-bond acceptors (Lipinski definition) is 3. The van der Waals surface area contributed by atoms with E-state index in [0.717, 1.165) is 17.4 Å². The third kappa shape index (κ3) is 4.10. The first-order valence-electron chi connectivity index (χ1n) is 10.6. The van der Waals surface area contributed by atoms with Gasteiger partial charge in [-0.15, -0.1) is 0 Å². The highest BCUT2D eigenvalue weighted by molar-refractivity contribution is 7.80. The van der Waals surface area contributed by atoms with Gasteiger partial charge in [0.25, 0.3) is 0 Å². The number of hydrogen-bond donors (Lipinski definition) is 1. The molecule has 0 spiro atoms. The van der Waals surface area contributed by atoms with Crippen molar-refractivity contribution in [1.82, 2.24) is 19.8 Å². The lowest BCUT2D eigenvalue weighted by Crippen LogP contribution is -2.32. The molecule has 2 unspecified atom stereocenters. The molecule has 0 saturated carbocycles. The van der Waals surface area contributed by atoms with Gasteiger partial charge in [-0.3, -0.25) is 4.98 Å². The van der Waals surface area contributed by atoms with Gasteiger partial charge < -0.3 is 19.5 Å². The van der Waals surface area contributed by atoms with Crippen LogP contribution in [0.2, 0.25) is 0 Å². The van der Waals surface area contributed by atoms with Crippen molar-refractivity contribution in [3.05, 3.63) is 82.4 Å². The zero-order chi connectivity index (χ0) is 22.1. The molecule has 3 aromatic rings. The predicted molar refractivity (Wildman–Crippen MR) is 129 cm³/mol. The van der Waals surface area contributed by atoms with Gasteiger partial charge in [0, 0.05) is 36.9 Å². The molecule has 4 rings (SSSR count). The molecule has 0 aliphatic carbocycles. The van der Waals surface area contributed by atoms with Gasteiger partial charge in [-0.2, -0.15) is 0 Å². The van der Waals surface area contributed by atoms with E-state index < -0.39 is 0 Å². The molecule has 6 heteroatoms. The Balaban J connectivity index is 1.83. The third-order valence-electron chi connectivity index (χ3n) is 5.99. The van der Waals surface area contributed by atoms with E-state index in [1.54, 1.807) is 7.11 Å². The highest BCUT2D eigenvalue weighted by Gasteiger charge is 2.41. The van der Waals surface area contributed by atoms with Crippen molar-refractivity contribution in [3.63, 3.8) is 0 Å². The molecule has 2 aromatic heterocycles. The fourth-order valence-electron chi connectivity index (χ4n) is 4.74. The van der Waals surface area contributed by atoms with E-state index in [9.17, 15) is 0 Å². The lowest BCUT2D eigenvalue weighted by Gasteiger charge is -2.28. The molecule has 0 amide bonds. The van der Waals surface area contributed by atoms with Gasteiger partial charge >= 0.3 is 0 Å². The smallest absolute Gasteiger partial charge is 0.170 e. The average Bonchev–Trinajstić information content (AvgIpc) is 3.21. The van der Waals surface area contributed by atoms with Crippen molar-refractivity contribution in [1.29, 1.82) is 0 Å². The number of ether oxygens (including phenoxy) is 1. The Hall–Kier alpha value is -2.70. The molecular formula is C25H30N4OS. The van der Waals surface area contributed by atoms with Crippen LogP contribution < -0.4 is 5.32 Å². The third-order valence-corrected chi connectivity index (χ3v) is 6.34. The quantitative estimate of drug-likeness (QED) is 0.569. The molecule has 0 radical (unpaired) electrons. The number of nitrogens with zero attached hydrogens (tertiary/aromatic N) is 3. The zero-order valence-corrected chi connectivity index (χ0v) is 19.7. The van der Waals surface area contributed by atoms with Gasteiger partial charge in [0.15, 0.2) is 5.11 Å². The normalized spacial score (nSPS) is 18.5. The minimum Gasteiger partial charge on any atom is -0.383 e. The van der Waals surface area contributed by atoms with Crippen molar-refractivity contribution in [2.75, 3.05) is 20.3 Å². The van der Waals surface area contributed by atoms with E-state index in [1.807, 2.05) is 18.3 Å². The van der Waals surface area contributed by atoms with E-state index >= 15 is 0 Å². The van der Waals surface area contributed by atoms with Crippen LogP contribution in [0.15, 0.2) is 48.7 Å². The minimum atomic E-state index is -0.0150. The number of methoxy groups -OCH3 is 1. The highest BCUT2D eigenvalue weighted by Crippen LogP contribution is 2.41. The Morgan fingerprint density at radius 2 is 1.81 bits per heavy atom. The Morgan fingerprint density at radius 1 is 1.06 bits per heavy atom. The van der Waals surface area contributed by atoms with Gasteiger partial charge in [0.2, 0.25) is 0 Å². The van der Waals surface area contributed by atoms with Crippen molar-refractivity contribution in [2.45, 2.75) is 39.8 Å². The van der Waals surface area contributed by atoms with Crippen LogP contribution in [-0.4, -0.2) is 39.8 Å². The Morgan fingerprint density at radius 3 is 2.45 bits per heavy atom. The lowest BCUT2D eigenvalue weighted by atomic mass is 9.97. The Kier molecular flexibility index (Phi) is 6.12. The number of benzene rings is 1. The molecule has 1 saturated heterocycles. The van der Waals surface area contributed by atoms with Crippen LogP contribution >= 0.6 is 12.2 Å². The molecular weight excluding hydrogens is 404 g/mol. The maximum atomic E-state index is 5.74. The molecule has 1 N–H and O–H groups in total. The lowest BCUT2D eigenvalue weighted by molar-refractivity contribution is 0.164. The van der Waals surface area contributed by atoms with Crippen LogP contribution in [0.3, 0.4) is 0 Å². The van der Waals surface area contributed by atoms with E-state index in [0.29, 0.717) is 6.61 Å². The van der Waals surface area contributed by atoms with Crippen molar-refractivity contribution in [3.8, 4) is 5.69 Å². The van der Waals surface area contributed by atoms with Gasteiger partial charge in [-0.1, -0.05) is 12.1 Å². The Bertz CT molecular complexity index is 1070. The van der Waals surface area contributed by atoms with Crippen LogP contribution in [0, 0.1) is 27.7 Å². The summed E-state index contributed by atoms with van der Waals surface area (Å²) in [6.07, 6.45) is 1.84. The van der Waals surface area contributed by atoms with Crippen LogP contribution in [0.4, 0.5) is 0 Å². The van der Waals surface area contributed by atoms with Gasteiger partial charge in [-0.05, 0) is 86.9 Å². The summed E-state index contributed by atoms with van der Waals surface area (Å²) < 4.78 is 7.73. The summed E-state index contributed by atoms with van der Waals surface area (Å²) in [5, 5.41) is 4.27. The number of thiocarbonyl (C=S) groups is 1. The largest absolute Gasteiger partial charge is 0.383 e. The first-order chi connectivity index (χ1) is 14.9. The second-order valence-electron chi connectivity index (χ2n) is 8.32. The summed E-state index contributed by atoms with van der Waals surface area (Å²) >= 11 is 5.74. The first kappa shape index (κ1) is 21.5. The average molecular weight is 435 g/mol. The molecule has 1 aliphatic heterocycles. The molecule has 3 heterocycles. The van der Waals surface area contributed by atoms with E-state index in [4.69, 9.17) is 17.0 Å². The van der Waals surface area contributed by atoms with Crippen LogP contribution in [0.5, 0.6) is 0 Å². The molecule has 5 nitrogen and oxygen atoms in total. The summed E-state index contributed by atoms with van der Waals surface area (Å²) in [6, 6.07) is 15.1. The highest BCUT2D eigenvalue weighted by atomic mass is 32.1. The molecule has 162 valence electrons. The molecule has 31 heavy (non-hydrogen) atoms. The monoisotopic (exact) mass is 434 g/mol. The predicted octanol–water partition coefficient (Wildman–Crippen LogP) is 4.72. The second kappa shape index (κ2) is 8.81. The summed E-state index contributed by atoms with van der Waals surface area (Å²) in [6.45, 7) is 10.0. The topological polar surface area (TPSA) is 42.3 Å². The Labute approximate surface area is 190 Å². The molecule has 1 aromatic carbocycles. The van der Waals surface area contributed by atoms with Crippen LogP contribution in [0.25, 0.3) is 5.69 Å².